The Morgan fingerprint density at radius 3 is 2.38 bits per heavy atom. The van der Waals surface area contributed by atoms with Crippen molar-refractivity contribution in [3.63, 3.8) is 0 Å². The summed E-state index contributed by atoms with van der Waals surface area (Å²) >= 11 is 1.25. The van der Waals surface area contributed by atoms with Crippen LogP contribution < -0.4 is 10.2 Å². The molecule has 2 unspecified atom stereocenters. The van der Waals surface area contributed by atoms with Gasteiger partial charge in [0.05, 0.1) is 23.7 Å². The van der Waals surface area contributed by atoms with E-state index in [0.29, 0.717) is 61.4 Å². The first-order valence-corrected chi connectivity index (χ1v) is 16.0. The number of carbonyl (C=O) groups excluding carboxylic acids is 1. The van der Waals surface area contributed by atoms with E-state index in [1.54, 1.807) is 19.9 Å². The molecule has 1 aromatic carbocycles. The third-order valence-electron chi connectivity index (χ3n) is 8.05. The van der Waals surface area contributed by atoms with Gasteiger partial charge in [-0.3, -0.25) is 24.7 Å². The Hall–Kier alpha value is -3.62. The summed E-state index contributed by atoms with van der Waals surface area (Å²) in [6, 6.07) is 3.67. The third kappa shape index (κ3) is 8.35. The number of likely N-dealkylation sites (tertiary alicyclic amines) is 1. The number of hydrogen-bond acceptors (Lipinski definition) is 9. The van der Waals surface area contributed by atoms with Crippen molar-refractivity contribution in [1.29, 1.82) is 0 Å². The minimum atomic E-state index is -4.49. The molecule has 2 atom stereocenters. The number of halogens is 3. The van der Waals surface area contributed by atoms with E-state index >= 15 is 0 Å². The predicted octanol–water partition coefficient (Wildman–Crippen LogP) is 5.79. The van der Waals surface area contributed by atoms with Crippen molar-refractivity contribution in [1.82, 2.24) is 24.8 Å². The molecule has 0 radical (unpaired) electrons. The number of carbonyl (C=O) groups is 2. The van der Waals surface area contributed by atoms with Crippen LogP contribution in [0.1, 0.15) is 67.0 Å². The largest absolute Gasteiger partial charge is 0.480 e. The molecule has 4 heterocycles. The van der Waals surface area contributed by atoms with Gasteiger partial charge in [0.25, 0.3) is 5.91 Å². The van der Waals surface area contributed by atoms with Crippen molar-refractivity contribution >= 4 is 34.2 Å². The fraction of sp³-hybridized carbons (Fsp3) is 0.516. The van der Waals surface area contributed by atoms with Gasteiger partial charge in [-0.2, -0.15) is 13.2 Å². The first-order valence-electron chi connectivity index (χ1n) is 15.2. The number of aliphatic carboxylic acids is 1. The Balaban J connectivity index is 0.00000226. The van der Waals surface area contributed by atoms with Crippen molar-refractivity contribution in [2.75, 3.05) is 42.9 Å². The molecule has 2 N–H and O–H groups in total. The van der Waals surface area contributed by atoms with Crippen LogP contribution in [0.3, 0.4) is 0 Å². The number of hydrogen-bond donors (Lipinski definition) is 2. The Morgan fingerprint density at radius 2 is 1.80 bits per heavy atom. The number of benzene rings is 1. The molecule has 0 saturated carbocycles. The molecule has 2 saturated heterocycles. The van der Waals surface area contributed by atoms with Crippen LogP contribution in [0.2, 0.25) is 0 Å². The second-order valence-electron chi connectivity index (χ2n) is 11.1. The maximum Gasteiger partial charge on any atom is 0.416 e. The first-order chi connectivity index (χ1) is 21.4. The number of nitrogens with zero attached hydrogens (tertiary/aromatic N) is 6. The highest BCUT2D eigenvalue weighted by Crippen LogP contribution is 2.38. The lowest BCUT2D eigenvalue weighted by atomic mass is 10.0. The molecule has 3 aromatic rings. The summed E-state index contributed by atoms with van der Waals surface area (Å²) in [5.74, 6) is -0.808. The first kappa shape index (κ1) is 34.3. The van der Waals surface area contributed by atoms with E-state index in [4.69, 9.17) is 0 Å². The van der Waals surface area contributed by atoms with Crippen molar-refractivity contribution in [2.24, 2.45) is 0 Å². The van der Waals surface area contributed by atoms with E-state index in [2.05, 4.69) is 32.1 Å². The van der Waals surface area contributed by atoms with Crippen LogP contribution in [-0.4, -0.2) is 86.5 Å². The molecule has 2 aliphatic rings. The van der Waals surface area contributed by atoms with Gasteiger partial charge in [-0.05, 0) is 63.9 Å². The molecule has 45 heavy (non-hydrogen) atoms. The van der Waals surface area contributed by atoms with Gasteiger partial charge in [-0.1, -0.05) is 25.2 Å². The number of amides is 1. The monoisotopic (exact) mass is 647 g/mol. The van der Waals surface area contributed by atoms with Gasteiger partial charge in [0.1, 0.15) is 17.6 Å². The van der Waals surface area contributed by atoms with Crippen molar-refractivity contribution in [3.8, 4) is 11.3 Å². The summed E-state index contributed by atoms with van der Waals surface area (Å²) < 4.78 is 40.8. The van der Waals surface area contributed by atoms with E-state index in [0.717, 1.165) is 36.4 Å². The van der Waals surface area contributed by atoms with E-state index in [9.17, 15) is 27.9 Å². The highest BCUT2D eigenvalue weighted by Gasteiger charge is 2.32. The number of carboxylic acids is 1. The molecule has 5 rings (SSSR count). The quantitative estimate of drug-likeness (QED) is 0.314. The zero-order chi connectivity index (χ0) is 32.9. The second-order valence-corrected chi connectivity index (χ2v) is 12.2. The molecule has 14 heteroatoms. The highest BCUT2D eigenvalue weighted by atomic mass is 32.1. The standard InChI is InChI=1S/C29H34F3N7O3S.C2H6/c1-17-11-20(13-21(12-17)29(30,31)32)25-23(16-39-6-4-5-18(39)2)43-28(35-25)36-26(40)22-14-34-24(15-33-22)38-9-7-37(8-10-38)19(3)27(41)42;1-2/h11-15,18-19H,4-10,16H2,1-3H3,(H,41,42)(H,35,36,40);1-2H3. The summed E-state index contributed by atoms with van der Waals surface area (Å²) in [6.07, 6.45) is 0.477. The van der Waals surface area contributed by atoms with Gasteiger partial charge in [0.2, 0.25) is 0 Å². The van der Waals surface area contributed by atoms with Gasteiger partial charge in [0.15, 0.2) is 5.13 Å². The second kappa shape index (κ2) is 14.6. The number of carboxylic acid groups (broad SMARTS) is 1. The Labute approximate surface area is 265 Å². The zero-order valence-corrected chi connectivity index (χ0v) is 27.0. The van der Waals surface area contributed by atoms with Crippen LogP contribution in [-0.2, 0) is 17.5 Å². The molecule has 244 valence electrons. The number of alkyl halides is 3. The predicted molar refractivity (Wildman–Crippen MR) is 169 cm³/mol. The third-order valence-corrected chi connectivity index (χ3v) is 9.00. The maximum absolute atomic E-state index is 13.6. The van der Waals surface area contributed by atoms with Gasteiger partial charge in [-0.25, -0.2) is 15.0 Å². The molecule has 10 nitrogen and oxygen atoms in total. The Bertz CT molecular complexity index is 1470. The average molecular weight is 648 g/mol. The fourth-order valence-corrected chi connectivity index (χ4v) is 6.50. The van der Waals surface area contributed by atoms with Gasteiger partial charge < -0.3 is 10.0 Å². The van der Waals surface area contributed by atoms with Crippen LogP contribution in [0.25, 0.3) is 11.3 Å². The van der Waals surface area contributed by atoms with Crippen molar-refractivity contribution in [2.45, 2.75) is 72.3 Å². The molecule has 2 aromatic heterocycles. The fourth-order valence-electron chi connectivity index (χ4n) is 5.49. The highest BCUT2D eigenvalue weighted by molar-refractivity contribution is 7.16. The topological polar surface area (TPSA) is 115 Å². The lowest BCUT2D eigenvalue weighted by molar-refractivity contribution is -0.142. The summed E-state index contributed by atoms with van der Waals surface area (Å²) in [4.78, 5) is 44.5. The molecular formula is C31H40F3N7O3S. The molecule has 0 bridgehead atoms. The molecule has 0 spiro atoms. The number of nitrogens with one attached hydrogen (secondary N) is 1. The maximum atomic E-state index is 13.6. The van der Waals surface area contributed by atoms with Gasteiger partial charge in [0, 0.05) is 49.2 Å². The summed E-state index contributed by atoms with van der Waals surface area (Å²) in [5.41, 5.74) is 0.578. The van der Waals surface area contributed by atoms with Crippen LogP contribution in [0, 0.1) is 6.92 Å². The number of rotatable bonds is 8. The van der Waals surface area contributed by atoms with Gasteiger partial charge in [-0.15, -0.1) is 0 Å². The van der Waals surface area contributed by atoms with Crippen LogP contribution in [0.15, 0.2) is 30.6 Å². The smallest absolute Gasteiger partial charge is 0.416 e. The van der Waals surface area contributed by atoms with E-state index in [-0.39, 0.29) is 10.8 Å². The minimum Gasteiger partial charge on any atom is -0.480 e. The van der Waals surface area contributed by atoms with Crippen LogP contribution in [0.5, 0.6) is 0 Å². The summed E-state index contributed by atoms with van der Waals surface area (Å²) in [7, 11) is 0. The Kier molecular flexibility index (Phi) is 11.2. The molecule has 0 aliphatic carbocycles. The normalized spacial score (nSPS) is 18.3. The van der Waals surface area contributed by atoms with E-state index in [1.807, 2.05) is 23.6 Å². The number of thiazole rings is 1. The van der Waals surface area contributed by atoms with E-state index < -0.39 is 29.7 Å². The molecule has 2 fully saturated rings. The molecule has 1 amide bonds. The molecular weight excluding hydrogens is 607 g/mol. The van der Waals surface area contributed by atoms with Gasteiger partial charge >= 0.3 is 12.1 Å². The lowest BCUT2D eigenvalue weighted by Crippen LogP contribution is -2.52. The number of aromatic nitrogens is 3. The SMILES string of the molecule is CC.Cc1cc(-c2nc(NC(=O)c3cnc(N4CCN(C(C)C(=O)O)CC4)cn3)sc2CN2CCCC2C)cc(C(F)(F)F)c1. The van der Waals surface area contributed by atoms with Crippen LogP contribution in [0.4, 0.5) is 24.1 Å². The van der Waals surface area contributed by atoms with Crippen LogP contribution >= 0.6 is 11.3 Å². The number of anilines is 2. The Morgan fingerprint density at radius 1 is 1.09 bits per heavy atom. The molecule has 2 aliphatic heterocycles. The van der Waals surface area contributed by atoms with E-state index in [1.165, 1.54) is 23.7 Å². The van der Waals surface area contributed by atoms with Crippen molar-refractivity contribution < 1.29 is 27.9 Å². The number of aryl methyl sites for hydroxylation is 1. The average Bonchev–Trinajstić information content (AvgIpc) is 3.62. The summed E-state index contributed by atoms with van der Waals surface area (Å²) in [6.45, 7) is 13.1. The minimum absolute atomic E-state index is 0.0725. The summed E-state index contributed by atoms with van der Waals surface area (Å²) in [5, 5.41) is 12.3. The zero-order valence-electron chi connectivity index (χ0n) is 26.2. The lowest BCUT2D eigenvalue weighted by Gasteiger charge is -2.36. The number of piperazine rings is 1. The van der Waals surface area contributed by atoms with Crippen molar-refractivity contribution in [3.05, 3.63) is 52.3 Å².